The summed E-state index contributed by atoms with van der Waals surface area (Å²) in [4.78, 5) is 15.2. The van der Waals surface area contributed by atoms with Gasteiger partial charge in [0.05, 0.1) is 15.7 Å². The Morgan fingerprint density at radius 2 is 1.81 bits per heavy atom. The normalized spacial score (nSPS) is 16.0. The van der Waals surface area contributed by atoms with Gasteiger partial charge in [0.2, 0.25) is 0 Å². The summed E-state index contributed by atoms with van der Waals surface area (Å²) in [5, 5.41) is 3.79. The first-order valence-electron chi connectivity index (χ1n) is 6.76. The van der Waals surface area contributed by atoms with Crippen LogP contribution in [0, 0.1) is 5.82 Å². The maximum Gasteiger partial charge on any atom is 0.319 e. The van der Waals surface area contributed by atoms with Crippen LogP contribution in [0.4, 0.5) is 14.9 Å². The van der Waals surface area contributed by atoms with E-state index in [0.717, 1.165) is 12.8 Å². The largest absolute Gasteiger partial charge is 0.380 e. The average molecular weight is 334 g/mol. The fourth-order valence-electron chi connectivity index (χ4n) is 2.38. The number of halogens is 3. The van der Waals surface area contributed by atoms with E-state index in [4.69, 9.17) is 23.2 Å². The van der Waals surface area contributed by atoms with Crippen molar-refractivity contribution in [3.05, 3.63) is 28.0 Å². The van der Waals surface area contributed by atoms with E-state index in [1.54, 1.807) is 19.0 Å². The van der Waals surface area contributed by atoms with E-state index in [2.05, 4.69) is 5.32 Å². The Labute approximate surface area is 133 Å². The van der Waals surface area contributed by atoms with Crippen molar-refractivity contribution in [1.82, 2.24) is 9.80 Å². The van der Waals surface area contributed by atoms with Crippen molar-refractivity contribution in [3.8, 4) is 0 Å². The highest BCUT2D eigenvalue weighted by Gasteiger charge is 2.24. The van der Waals surface area contributed by atoms with E-state index < -0.39 is 5.82 Å². The highest BCUT2D eigenvalue weighted by Crippen LogP contribution is 2.33. The zero-order chi connectivity index (χ0) is 15.6. The molecule has 7 heteroatoms. The number of rotatable bonds is 2. The molecule has 1 fully saturated rings. The molecule has 1 heterocycles. The summed E-state index contributed by atoms with van der Waals surface area (Å²) in [6, 6.07) is 2.66. The number of carbonyl (C=O) groups excluding carboxylic acids is 1. The Balaban J connectivity index is 1.97. The van der Waals surface area contributed by atoms with Crippen molar-refractivity contribution < 1.29 is 9.18 Å². The summed E-state index contributed by atoms with van der Waals surface area (Å²) >= 11 is 12.0. The molecule has 0 unspecified atom stereocenters. The summed E-state index contributed by atoms with van der Waals surface area (Å²) < 4.78 is 13.2. The second-order valence-corrected chi connectivity index (χ2v) is 6.14. The molecule has 4 nitrogen and oxygen atoms in total. The van der Waals surface area contributed by atoms with Gasteiger partial charge in [-0.3, -0.25) is 0 Å². The minimum Gasteiger partial charge on any atom is -0.380 e. The Bertz CT molecular complexity index is 508. The van der Waals surface area contributed by atoms with Gasteiger partial charge in [-0.05, 0) is 25.0 Å². The maximum atomic E-state index is 13.2. The van der Waals surface area contributed by atoms with Crippen LogP contribution >= 0.6 is 23.2 Å². The molecular weight excluding hydrogens is 316 g/mol. The molecular formula is C14H18Cl2FN3O. The first kappa shape index (κ1) is 16.2. The van der Waals surface area contributed by atoms with Gasteiger partial charge in [-0.2, -0.15) is 0 Å². The minimum absolute atomic E-state index is 0.0197. The number of urea groups is 1. The molecule has 1 aromatic rings. The summed E-state index contributed by atoms with van der Waals surface area (Å²) in [6.45, 7) is 1.34. The van der Waals surface area contributed by atoms with Crippen molar-refractivity contribution in [2.45, 2.75) is 18.9 Å². The van der Waals surface area contributed by atoms with Crippen molar-refractivity contribution >= 4 is 34.9 Å². The van der Waals surface area contributed by atoms with Crippen molar-refractivity contribution in [2.75, 3.05) is 32.5 Å². The van der Waals surface area contributed by atoms with Crippen molar-refractivity contribution in [1.29, 1.82) is 0 Å². The first-order valence-corrected chi connectivity index (χ1v) is 7.51. The van der Waals surface area contributed by atoms with Gasteiger partial charge in [-0.1, -0.05) is 23.2 Å². The zero-order valence-corrected chi connectivity index (χ0v) is 13.5. The van der Waals surface area contributed by atoms with E-state index in [9.17, 15) is 9.18 Å². The lowest BCUT2D eigenvalue weighted by Gasteiger charge is -2.34. The van der Waals surface area contributed by atoms with Crippen molar-refractivity contribution in [3.63, 3.8) is 0 Å². The highest BCUT2D eigenvalue weighted by molar-refractivity contribution is 6.39. The molecule has 2 amide bonds. The predicted octanol–water partition coefficient (Wildman–Crippen LogP) is 3.69. The number of hydrogen-bond donors (Lipinski definition) is 1. The lowest BCUT2D eigenvalue weighted by molar-refractivity contribution is 0.158. The van der Waals surface area contributed by atoms with Crippen LogP contribution in [0.25, 0.3) is 0 Å². The number of nitrogens with zero attached hydrogens (tertiary/aromatic N) is 2. The summed E-state index contributed by atoms with van der Waals surface area (Å²) in [5.41, 5.74) is 0.553. The first-order chi connectivity index (χ1) is 9.88. The smallest absolute Gasteiger partial charge is 0.319 e. The molecule has 0 saturated carbocycles. The quantitative estimate of drug-likeness (QED) is 0.895. The lowest BCUT2D eigenvalue weighted by atomic mass is 10.0. The van der Waals surface area contributed by atoms with E-state index in [1.165, 1.54) is 12.1 Å². The molecule has 1 aromatic carbocycles. The number of nitrogens with one attached hydrogen (secondary N) is 1. The fraction of sp³-hybridized carbons (Fsp3) is 0.500. The van der Waals surface area contributed by atoms with Crippen LogP contribution in [0.15, 0.2) is 12.1 Å². The van der Waals surface area contributed by atoms with E-state index >= 15 is 0 Å². The summed E-state index contributed by atoms with van der Waals surface area (Å²) in [5.74, 6) is -0.457. The van der Waals surface area contributed by atoms with Crippen LogP contribution in [0.1, 0.15) is 12.8 Å². The van der Waals surface area contributed by atoms with Crippen LogP contribution in [0.2, 0.25) is 10.0 Å². The van der Waals surface area contributed by atoms with Crippen LogP contribution in [0.3, 0.4) is 0 Å². The van der Waals surface area contributed by atoms with Gasteiger partial charge in [0.25, 0.3) is 0 Å². The molecule has 21 heavy (non-hydrogen) atoms. The summed E-state index contributed by atoms with van der Waals surface area (Å²) in [7, 11) is 3.48. The van der Waals surface area contributed by atoms with Crippen LogP contribution in [0.5, 0.6) is 0 Å². The standard InChI is InChI=1S/C14H18Cl2FN3O/c1-19(2)14(21)20-5-3-10(4-6-20)18-13-11(15)7-9(17)8-12(13)16/h7-8,10,18H,3-6H2,1-2H3. The van der Waals surface area contributed by atoms with Crippen LogP contribution < -0.4 is 5.32 Å². The molecule has 1 aliphatic rings. The molecule has 0 bridgehead atoms. The van der Waals surface area contributed by atoms with E-state index in [-0.39, 0.29) is 22.1 Å². The Hall–Kier alpha value is -1.20. The molecule has 1 N–H and O–H groups in total. The Morgan fingerprint density at radius 1 is 1.29 bits per heavy atom. The predicted molar refractivity (Wildman–Crippen MR) is 83.7 cm³/mol. The fourth-order valence-corrected chi connectivity index (χ4v) is 2.95. The number of anilines is 1. The van der Waals surface area contributed by atoms with Gasteiger partial charge in [-0.25, -0.2) is 9.18 Å². The molecule has 0 aromatic heterocycles. The topological polar surface area (TPSA) is 35.6 Å². The molecule has 0 radical (unpaired) electrons. The second-order valence-electron chi connectivity index (χ2n) is 5.33. The Morgan fingerprint density at radius 3 is 2.29 bits per heavy atom. The number of carbonyl (C=O) groups is 1. The van der Waals surface area contributed by atoms with Crippen LogP contribution in [-0.2, 0) is 0 Å². The molecule has 0 atom stereocenters. The molecule has 1 aliphatic heterocycles. The summed E-state index contributed by atoms with van der Waals surface area (Å²) in [6.07, 6.45) is 1.59. The second kappa shape index (κ2) is 6.71. The molecule has 116 valence electrons. The SMILES string of the molecule is CN(C)C(=O)N1CCC(Nc2c(Cl)cc(F)cc2Cl)CC1. The molecule has 0 aliphatic carbocycles. The average Bonchev–Trinajstić information content (AvgIpc) is 2.42. The minimum atomic E-state index is -0.457. The van der Waals surface area contributed by atoms with Gasteiger partial charge >= 0.3 is 6.03 Å². The Kier molecular flexibility index (Phi) is 5.17. The van der Waals surface area contributed by atoms with Gasteiger partial charge in [0.1, 0.15) is 5.82 Å². The third-order valence-electron chi connectivity index (χ3n) is 3.50. The third kappa shape index (κ3) is 3.92. The molecule has 1 saturated heterocycles. The van der Waals surface area contributed by atoms with E-state index in [0.29, 0.717) is 18.8 Å². The number of hydrogen-bond acceptors (Lipinski definition) is 2. The lowest BCUT2D eigenvalue weighted by Crippen LogP contribution is -2.46. The van der Waals surface area contributed by atoms with Crippen LogP contribution in [-0.4, -0.2) is 49.1 Å². The van der Waals surface area contributed by atoms with E-state index in [1.807, 2.05) is 4.90 Å². The number of benzene rings is 1. The molecule has 2 rings (SSSR count). The third-order valence-corrected chi connectivity index (χ3v) is 4.10. The van der Waals surface area contributed by atoms with Gasteiger partial charge < -0.3 is 15.1 Å². The molecule has 0 spiro atoms. The number of amides is 2. The highest BCUT2D eigenvalue weighted by atomic mass is 35.5. The maximum absolute atomic E-state index is 13.2. The monoisotopic (exact) mass is 333 g/mol. The van der Waals surface area contributed by atoms with Gasteiger partial charge in [0, 0.05) is 33.2 Å². The van der Waals surface area contributed by atoms with Gasteiger partial charge in [-0.15, -0.1) is 0 Å². The van der Waals surface area contributed by atoms with Gasteiger partial charge in [0.15, 0.2) is 0 Å². The number of piperidine rings is 1. The zero-order valence-electron chi connectivity index (χ0n) is 12.0. The number of likely N-dealkylation sites (tertiary alicyclic amines) is 1. The van der Waals surface area contributed by atoms with Crippen molar-refractivity contribution in [2.24, 2.45) is 0 Å².